The second kappa shape index (κ2) is 10.4. The highest BCUT2D eigenvalue weighted by molar-refractivity contribution is 7.14. The zero-order valence-electron chi connectivity index (χ0n) is 20.6. The molecular weight excluding hydrogens is 504 g/mol. The SMILES string of the molecule is COc1cc(C2/C(=C(\O)c3ccc(OCc4cccc(C)c4)cc3)C(=O)C(=O)N2c2nccs2)ccc1O. The summed E-state index contributed by atoms with van der Waals surface area (Å²) in [6.45, 7) is 2.40. The van der Waals surface area contributed by atoms with Gasteiger partial charge in [-0.3, -0.25) is 14.5 Å². The molecule has 2 N–H and O–H groups in total. The molecule has 0 radical (unpaired) electrons. The number of ketones is 1. The molecule has 0 saturated carbocycles. The second-order valence-electron chi connectivity index (χ2n) is 8.72. The third-order valence-corrected chi connectivity index (χ3v) is 6.98. The largest absolute Gasteiger partial charge is 0.507 e. The minimum Gasteiger partial charge on any atom is -0.507 e. The van der Waals surface area contributed by atoms with Crippen LogP contribution >= 0.6 is 11.3 Å². The van der Waals surface area contributed by atoms with E-state index >= 15 is 0 Å². The summed E-state index contributed by atoms with van der Waals surface area (Å²) in [4.78, 5) is 31.9. The monoisotopic (exact) mass is 528 g/mol. The summed E-state index contributed by atoms with van der Waals surface area (Å²) in [5.41, 5.74) is 2.89. The average molecular weight is 529 g/mol. The van der Waals surface area contributed by atoms with Crippen LogP contribution in [-0.4, -0.2) is 34.0 Å². The van der Waals surface area contributed by atoms with Gasteiger partial charge in [0.25, 0.3) is 5.78 Å². The third-order valence-electron chi connectivity index (χ3n) is 6.21. The molecule has 0 aliphatic carbocycles. The number of amides is 1. The molecule has 1 fully saturated rings. The molecule has 192 valence electrons. The summed E-state index contributed by atoms with van der Waals surface area (Å²) >= 11 is 1.19. The van der Waals surface area contributed by atoms with Crippen LogP contribution < -0.4 is 14.4 Å². The predicted molar refractivity (Wildman–Crippen MR) is 144 cm³/mol. The molecule has 38 heavy (non-hydrogen) atoms. The molecule has 2 heterocycles. The third kappa shape index (κ3) is 4.71. The number of carbonyl (C=O) groups excluding carboxylic acids is 2. The first kappa shape index (κ1) is 25.0. The number of anilines is 1. The molecule has 1 aliphatic rings. The molecule has 1 atom stereocenters. The molecule has 1 unspecified atom stereocenters. The van der Waals surface area contributed by atoms with E-state index in [9.17, 15) is 19.8 Å². The number of methoxy groups -OCH3 is 1. The number of aromatic nitrogens is 1. The van der Waals surface area contributed by atoms with Gasteiger partial charge in [-0.25, -0.2) is 4.98 Å². The minimum atomic E-state index is -0.979. The van der Waals surface area contributed by atoms with E-state index in [1.165, 1.54) is 41.7 Å². The van der Waals surface area contributed by atoms with Crippen molar-refractivity contribution < 1.29 is 29.3 Å². The lowest BCUT2D eigenvalue weighted by Crippen LogP contribution is -2.29. The van der Waals surface area contributed by atoms with E-state index in [-0.39, 0.29) is 22.8 Å². The number of Topliss-reactive ketones (excluding diaryl/α,β-unsaturated/α-hetero) is 1. The van der Waals surface area contributed by atoms with E-state index in [1.54, 1.807) is 35.7 Å². The highest BCUT2D eigenvalue weighted by Gasteiger charge is 2.48. The predicted octanol–water partition coefficient (Wildman–Crippen LogP) is 5.37. The minimum absolute atomic E-state index is 0.0913. The number of rotatable bonds is 7. The highest BCUT2D eigenvalue weighted by atomic mass is 32.1. The number of ether oxygens (including phenoxy) is 2. The molecule has 1 amide bonds. The van der Waals surface area contributed by atoms with Crippen LogP contribution in [0.3, 0.4) is 0 Å². The van der Waals surface area contributed by atoms with Crippen molar-refractivity contribution in [3.05, 3.63) is 106 Å². The van der Waals surface area contributed by atoms with E-state index in [1.807, 2.05) is 31.2 Å². The standard InChI is InChI=1S/C29H24N2O6S/c1-17-4-3-5-18(14-17)16-37-21-9-6-19(7-10-21)26(33)24-25(20-8-11-22(32)23(15-20)36-2)31(28(35)27(24)34)29-30-12-13-38-29/h3-15,25,32-33H,16H2,1-2H3/b26-24+. The number of nitrogens with zero attached hydrogens (tertiary/aromatic N) is 2. The lowest BCUT2D eigenvalue weighted by atomic mass is 9.95. The van der Waals surface area contributed by atoms with Gasteiger partial charge in [-0.1, -0.05) is 35.9 Å². The number of aliphatic hydroxyl groups is 1. The number of aromatic hydroxyl groups is 1. The van der Waals surface area contributed by atoms with Crippen LogP contribution in [0.1, 0.15) is 28.3 Å². The van der Waals surface area contributed by atoms with Crippen molar-refractivity contribution in [2.45, 2.75) is 19.6 Å². The van der Waals surface area contributed by atoms with E-state index in [0.717, 1.165) is 11.1 Å². The number of aliphatic hydroxyl groups excluding tert-OH is 1. The molecule has 1 aliphatic heterocycles. The molecule has 0 spiro atoms. The van der Waals surface area contributed by atoms with Gasteiger partial charge in [-0.2, -0.15) is 0 Å². The first-order chi connectivity index (χ1) is 18.4. The van der Waals surface area contributed by atoms with Crippen LogP contribution in [0.2, 0.25) is 0 Å². The normalized spacial score (nSPS) is 16.6. The Hall–Kier alpha value is -4.63. The Kier molecular flexibility index (Phi) is 6.85. The number of phenols is 1. The first-order valence-electron chi connectivity index (χ1n) is 11.7. The van der Waals surface area contributed by atoms with Crippen molar-refractivity contribution >= 4 is 33.9 Å². The van der Waals surface area contributed by atoms with Gasteiger partial charge in [0.2, 0.25) is 0 Å². The van der Waals surface area contributed by atoms with E-state index in [2.05, 4.69) is 4.98 Å². The van der Waals surface area contributed by atoms with Crippen LogP contribution in [0.25, 0.3) is 5.76 Å². The van der Waals surface area contributed by atoms with Crippen LogP contribution in [0, 0.1) is 6.92 Å². The molecule has 1 saturated heterocycles. The number of phenolic OH excluding ortho intramolecular Hbond substituents is 1. The molecule has 4 aromatic rings. The summed E-state index contributed by atoms with van der Waals surface area (Å²) in [6, 6.07) is 18.2. The van der Waals surface area contributed by atoms with Crippen molar-refractivity contribution in [3.63, 3.8) is 0 Å². The molecule has 1 aromatic heterocycles. The Labute approximate surface area is 223 Å². The Morgan fingerprint density at radius 1 is 1.08 bits per heavy atom. The molecule has 3 aromatic carbocycles. The number of benzene rings is 3. The highest BCUT2D eigenvalue weighted by Crippen LogP contribution is 2.44. The maximum absolute atomic E-state index is 13.2. The average Bonchev–Trinajstić information content (AvgIpc) is 3.54. The molecule has 0 bridgehead atoms. The number of hydrogen-bond donors (Lipinski definition) is 2. The zero-order valence-corrected chi connectivity index (χ0v) is 21.4. The van der Waals surface area contributed by atoms with Crippen molar-refractivity contribution in [1.29, 1.82) is 0 Å². The summed E-state index contributed by atoms with van der Waals surface area (Å²) < 4.78 is 11.1. The summed E-state index contributed by atoms with van der Waals surface area (Å²) in [7, 11) is 1.40. The van der Waals surface area contributed by atoms with Crippen LogP contribution in [0.15, 0.2) is 83.9 Å². The Bertz CT molecular complexity index is 1530. The smallest absolute Gasteiger partial charge is 0.301 e. The van der Waals surface area contributed by atoms with Crippen LogP contribution in [0.4, 0.5) is 5.13 Å². The lowest BCUT2D eigenvalue weighted by Gasteiger charge is -2.23. The second-order valence-corrected chi connectivity index (χ2v) is 9.59. The van der Waals surface area contributed by atoms with E-state index in [4.69, 9.17) is 9.47 Å². The zero-order chi connectivity index (χ0) is 26.8. The van der Waals surface area contributed by atoms with Gasteiger partial charge in [-0.15, -0.1) is 11.3 Å². The van der Waals surface area contributed by atoms with E-state index in [0.29, 0.717) is 28.6 Å². The first-order valence-corrected chi connectivity index (χ1v) is 12.6. The van der Waals surface area contributed by atoms with Crippen molar-refractivity contribution in [3.8, 4) is 17.2 Å². The molecule has 9 heteroatoms. The molecule has 8 nitrogen and oxygen atoms in total. The number of hydrogen-bond acceptors (Lipinski definition) is 8. The Balaban J connectivity index is 1.51. The summed E-state index contributed by atoms with van der Waals surface area (Å²) in [5.74, 6) is -1.31. The van der Waals surface area contributed by atoms with Crippen molar-refractivity contribution in [2.75, 3.05) is 12.0 Å². The van der Waals surface area contributed by atoms with Gasteiger partial charge in [0.15, 0.2) is 16.6 Å². The van der Waals surface area contributed by atoms with Crippen molar-refractivity contribution in [1.82, 2.24) is 4.98 Å². The summed E-state index contributed by atoms with van der Waals surface area (Å²) in [5, 5.41) is 23.4. The van der Waals surface area contributed by atoms with Gasteiger partial charge in [0.05, 0.1) is 18.7 Å². The maximum Gasteiger partial charge on any atom is 0.301 e. The Morgan fingerprint density at radius 2 is 1.87 bits per heavy atom. The quantitative estimate of drug-likeness (QED) is 0.189. The van der Waals surface area contributed by atoms with Gasteiger partial charge in [0.1, 0.15) is 18.1 Å². The fourth-order valence-corrected chi connectivity index (χ4v) is 5.04. The van der Waals surface area contributed by atoms with Crippen LogP contribution in [0.5, 0.6) is 17.2 Å². The maximum atomic E-state index is 13.2. The Morgan fingerprint density at radius 3 is 2.55 bits per heavy atom. The van der Waals surface area contributed by atoms with Gasteiger partial charge >= 0.3 is 5.91 Å². The number of thiazole rings is 1. The van der Waals surface area contributed by atoms with E-state index < -0.39 is 17.7 Å². The fraction of sp³-hybridized carbons (Fsp3) is 0.138. The van der Waals surface area contributed by atoms with Gasteiger partial charge < -0.3 is 19.7 Å². The van der Waals surface area contributed by atoms with Crippen LogP contribution in [-0.2, 0) is 16.2 Å². The van der Waals surface area contributed by atoms with Gasteiger partial charge in [-0.05, 0) is 54.4 Å². The fourth-order valence-electron chi connectivity index (χ4n) is 4.38. The molecule has 5 rings (SSSR count). The lowest BCUT2D eigenvalue weighted by molar-refractivity contribution is -0.132. The van der Waals surface area contributed by atoms with Crippen molar-refractivity contribution in [2.24, 2.45) is 0 Å². The topological polar surface area (TPSA) is 109 Å². The number of aryl methyl sites for hydroxylation is 1. The van der Waals surface area contributed by atoms with Gasteiger partial charge in [0, 0.05) is 17.1 Å². The molecular formula is C29H24N2O6S. The summed E-state index contributed by atoms with van der Waals surface area (Å²) in [6.07, 6.45) is 1.53. The number of carbonyl (C=O) groups is 2.